The van der Waals surface area contributed by atoms with Crippen LogP contribution in [0.25, 0.3) is 43.8 Å². The van der Waals surface area contributed by atoms with Crippen LogP contribution in [-0.2, 0) is 4.74 Å². The van der Waals surface area contributed by atoms with Crippen LogP contribution in [0.2, 0.25) is 5.02 Å². The van der Waals surface area contributed by atoms with E-state index in [4.69, 9.17) is 26.4 Å². The summed E-state index contributed by atoms with van der Waals surface area (Å²) in [6.07, 6.45) is 4.34. The molecule has 2 aliphatic heterocycles. The Morgan fingerprint density at radius 2 is 1.78 bits per heavy atom. The van der Waals surface area contributed by atoms with Gasteiger partial charge in [0.25, 0.3) is 0 Å². The Morgan fingerprint density at radius 3 is 2.48 bits per heavy atom. The molecule has 5 heterocycles. The molecule has 46 heavy (non-hydrogen) atoms. The summed E-state index contributed by atoms with van der Waals surface area (Å²) in [5.41, 5.74) is 1.18. The van der Waals surface area contributed by atoms with Gasteiger partial charge in [-0.1, -0.05) is 11.6 Å². The number of fused-ring (bicyclic) bond motifs is 4. The molecule has 2 aliphatic rings. The molecule has 7 rings (SSSR count). The minimum atomic E-state index is -0.596. The fraction of sp³-hybridized carbons (Fsp3) is 0.412. The number of carbonyl (C=O) groups excluding carboxylic acids is 1. The number of halogens is 3. The molecule has 2 aromatic carbocycles. The minimum Gasteiger partial charge on any atom is -0.444 e. The molecule has 240 valence electrons. The van der Waals surface area contributed by atoms with Gasteiger partial charge in [-0.05, 0) is 78.0 Å². The van der Waals surface area contributed by atoms with Crippen molar-refractivity contribution in [1.82, 2.24) is 29.5 Å². The van der Waals surface area contributed by atoms with Crippen LogP contribution in [-0.4, -0.2) is 87.6 Å². The third kappa shape index (κ3) is 5.19. The SMILES string of the molecule is CN(C)C1CN(c2nc3c(F)c(-c4ccc(F)c5cccnc45)c(Cl)cc3c3c2cnn3C2CCN(C(=O)OC(C)(C)C)CC2)C1. The molecule has 0 unspecified atom stereocenters. The lowest BCUT2D eigenvalue weighted by Gasteiger charge is -2.43. The number of hydrogen-bond donors (Lipinski definition) is 0. The van der Waals surface area contributed by atoms with Gasteiger partial charge in [-0.15, -0.1) is 0 Å². The second-order valence-electron chi connectivity index (χ2n) is 13.4. The number of aromatic nitrogens is 4. The van der Waals surface area contributed by atoms with E-state index in [2.05, 4.69) is 14.8 Å². The maximum atomic E-state index is 16.9. The van der Waals surface area contributed by atoms with Crippen LogP contribution in [0.15, 0.2) is 42.7 Å². The average molecular weight is 648 g/mol. The first kappa shape index (κ1) is 30.6. The summed E-state index contributed by atoms with van der Waals surface area (Å²) in [5, 5.41) is 6.64. The van der Waals surface area contributed by atoms with Crippen molar-refractivity contribution in [2.24, 2.45) is 0 Å². The quantitative estimate of drug-likeness (QED) is 0.207. The van der Waals surface area contributed by atoms with Crippen LogP contribution >= 0.6 is 11.6 Å². The van der Waals surface area contributed by atoms with Gasteiger partial charge in [-0.3, -0.25) is 9.67 Å². The maximum Gasteiger partial charge on any atom is 0.410 e. The van der Waals surface area contributed by atoms with Gasteiger partial charge in [-0.25, -0.2) is 18.6 Å². The zero-order chi connectivity index (χ0) is 32.5. The molecule has 0 spiro atoms. The molecular formula is C34H36ClF2N7O2. The van der Waals surface area contributed by atoms with Crippen LogP contribution in [0.5, 0.6) is 0 Å². The first-order valence-electron chi connectivity index (χ1n) is 15.5. The Bertz CT molecular complexity index is 1990. The zero-order valence-electron chi connectivity index (χ0n) is 26.5. The number of ether oxygens (including phenoxy) is 1. The van der Waals surface area contributed by atoms with Crippen LogP contribution in [0.4, 0.5) is 19.4 Å². The zero-order valence-corrected chi connectivity index (χ0v) is 27.3. The number of amides is 1. The Kier molecular flexibility index (Phi) is 7.51. The van der Waals surface area contributed by atoms with Gasteiger partial charge >= 0.3 is 6.09 Å². The molecule has 0 N–H and O–H groups in total. The van der Waals surface area contributed by atoms with Crippen molar-refractivity contribution in [1.29, 1.82) is 0 Å². The molecule has 0 saturated carbocycles. The van der Waals surface area contributed by atoms with E-state index in [1.807, 2.05) is 39.5 Å². The van der Waals surface area contributed by atoms with E-state index in [9.17, 15) is 9.18 Å². The lowest BCUT2D eigenvalue weighted by Crippen LogP contribution is -2.57. The number of piperidine rings is 1. The Hall–Kier alpha value is -4.09. The smallest absolute Gasteiger partial charge is 0.410 e. The van der Waals surface area contributed by atoms with E-state index in [0.29, 0.717) is 54.3 Å². The van der Waals surface area contributed by atoms with Crippen molar-refractivity contribution >= 4 is 56.2 Å². The molecular weight excluding hydrogens is 612 g/mol. The lowest BCUT2D eigenvalue weighted by molar-refractivity contribution is 0.0186. The van der Waals surface area contributed by atoms with E-state index in [1.165, 1.54) is 12.1 Å². The van der Waals surface area contributed by atoms with E-state index in [1.54, 1.807) is 35.5 Å². The monoisotopic (exact) mass is 647 g/mol. The summed E-state index contributed by atoms with van der Waals surface area (Å²) in [6, 6.07) is 8.13. The second kappa shape index (κ2) is 11.3. The lowest BCUT2D eigenvalue weighted by atomic mass is 9.98. The van der Waals surface area contributed by atoms with Gasteiger partial charge in [-0.2, -0.15) is 5.10 Å². The third-order valence-corrected chi connectivity index (χ3v) is 9.34. The summed E-state index contributed by atoms with van der Waals surface area (Å²) in [7, 11) is 4.09. The minimum absolute atomic E-state index is 0.0349. The normalized spacial score (nSPS) is 16.6. The van der Waals surface area contributed by atoms with Gasteiger partial charge in [0.2, 0.25) is 0 Å². The van der Waals surface area contributed by atoms with E-state index < -0.39 is 17.2 Å². The molecule has 9 nitrogen and oxygen atoms in total. The third-order valence-electron chi connectivity index (χ3n) is 9.04. The fourth-order valence-electron chi connectivity index (χ4n) is 6.54. The van der Waals surface area contributed by atoms with Crippen LogP contribution < -0.4 is 4.90 Å². The van der Waals surface area contributed by atoms with Gasteiger partial charge in [0, 0.05) is 60.3 Å². The summed E-state index contributed by atoms with van der Waals surface area (Å²) in [4.78, 5) is 28.1. The Labute approximate surface area is 270 Å². The van der Waals surface area contributed by atoms with Crippen molar-refractivity contribution in [3.8, 4) is 11.1 Å². The molecule has 3 aromatic heterocycles. The highest BCUT2D eigenvalue weighted by Gasteiger charge is 2.34. The number of carbonyl (C=O) groups is 1. The summed E-state index contributed by atoms with van der Waals surface area (Å²) < 4.78 is 39.1. The topological polar surface area (TPSA) is 79.6 Å². The van der Waals surface area contributed by atoms with Gasteiger partial charge in [0.15, 0.2) is 5.82 Å². The molecule has 12 heteroatoms. The number of pyridine rings is 2. The molecule has 0 radical (unpaired) electrons. The number of benzene rings is 2. The predicted octanol–water partition coefficient (Wildman–Crippen LogP) is 7.05. The fourth-order valence-corrected chi connectivity index (χ4v) is 6.83. The standard InChI is InChI=1S/C34H36ClF2N7O2/c1-34(2,3)46-33(45)42-13-10-19(11-14-42)44-31-23-15-25(35)27(22-8-9-26(36)21-7-6-12-38-29(21)22)28(37)30(23)40-32(24(31)16-39-44)43-17-20(18-43)41(4)5/h6-9,12,15-16,19-20H,10-11,13-14,17-18H2,1-5H3. The second-order valence-corrected chi connectivity index (χ2v) is 13.9. The molecule has 1 amide bonds. The average Bonchev–Trinajstić information content (AvgIpc) is 3.43. The number of hydrogen-bond acceptors (Lipinski definition) is 7. The van der Waals surface area contributed by atoms with E-state index in [-0.39, 0.29) is 33.6 Å². The van der Waals surface area contributed by atoms with Crippen molar-refractivity contribution < 1.29 is 18.3 Å². The first-order valence-corrected chi connectivity index (χ1v) is 15.9. The van der Waals surface area contributed by atoms with Crippen LogP contribution in [0, 0.1) is 11.6 Å². The molecule has 0 aliphatic carbocycles. The maximum absolute atomic E-state index is 16.9. The summed E-state index contributed by atoms with van der Waals surface area (Å²) in [6.45, 7) is 8.08. The van der Waals surface area contributed by atoms with Gasteiger partial charge in [0.05, 0.1) is 33.7 Å². The van der Waals surface area contributed by atoms with E-state index in [0.717, 1.165) is 24.0 Å². The summed E-state index contributed by atoms with van der Waals surface area (Å²) in [5.74, 6) is -0.380. The Morgan fingerprint density at radius 1 is 1.04 bits per heavy atom. The van der Waals surface area contributed by atoms with Crippen molar-refractivity contribution in [3.05, 3.63) is 59.4 Å². The summed E-state index contributed by atoms with van der Waals surface area (Å²) >= 11 is 6.90. The number of likely N-dealkylation sites (tertiary alicyclic amines) is 1. The highest BCUT2D eigenvalue weighted by atomic mass is 35.5. The van der Waals surface area contributed by atoms with Crippen molar-refractivity contribution in [3.63, 3.8) is 0 Å². The van der Waals surface area contributed by atoms with Crippen molar-refractivity contribution in [2.75, 3.05) is 45.2 Å². The largest absolute Gasteiger partial charge is 0.444 e. The number of likely N-dealkylation sites (N-methyl/N-ethyl adjacent to an activating group) is 1. The number of anilines is 1. The van der Waals surface area contributed by atoms with Gasteiger partial charge in [0.1, 0.15) is 22.8 Å². The first-order chi connectivity index (χ1) is 21.9. The highest BCUT2D eigenvalue weighted by Crippen LogP contribution is 2.43. The molecule has 0 atom stereocenters. The molecule has 5 aromatic rings. The molecule has 2 fully saturated rings. The highest BCUT2D eigenvalue weighted by molar-refractivity contribution is 6.35. The van der Waals surface area contributed by atoms with E-state index >= 15 is 4.39 Å². The predicted molar refractivity (Wildman–Crippen MR) is 176 cm³/mol. The van der Waals surface area contributed by atoms with Gasteiger partial charge < -0.3 is 19.4 Å². The molecule has 2 saturated heterocycles. The number of rotatable bonds is 4. The number of nitrogens with zero attached hydrogens (tertiary/aromatic N) is 7. The molecule has 0 bridgehead atoms. The van der Waals surface area contributed by atoms with Crippen molar-refractivity contribution in [2.45, 2.75) is 51.3 Å². The van der Waals surface area contributed by atoms with Crippen LogP contribution in [0.3, 0.4) is 0 Å². The Balaban J connectivity index is 1.36. The van der Waals surface area contributed by atoms with Crippen LogP contribution in [0.1, 0.15) is 39.7 Å².